The number of hydrogen-bond donors (Lipinski definition) is 1. The van der Waals surface area contributed by atoms with Crippen molar-refractivity contribution in [3.8, 4) is 0 Å². The first kappa shape index (κ1) is 31.6. The third kappa shape index (κ3) is 7.72. The van der Waals surface area contributed by atoms with Crippen LogP contribution in [0.3, 0.4) is 0 Å². The Hall–Kier alpha value is -3.37. The number of anilines is 1. The Labute approximate surface area is 264 Å². The number of halogens is 3. The molecule has 2 amide bonds. The molecule has 0 spiro atoms. The van der Waals surface area contributed by atoms with Gasteiger partial charge < -0.3 is 10.2 Å². The zero-order valence-corrected chi connectivity index (χ0v) is 26.5. The fraction of sp³-hybridized carbons (Fsp3) is 0.161. The first-order valence-electron chi connectivity index (χ1n) is 12.9. The van der Waals surface area contributed by atoms with Crippen molar-refractivity contribution in [2.45, 2.75) is 23.9 Å². The number of nitrogens with zero attached hydrogens (tertiary/aromatic N) is 2. The fourth-order valence-electron chi connectivity index (χ4n) is 4.41. The van der Waals surface area contributed by atoms with E-state index >= 15 is 0 Å². The second-order valence-electron chi connectivity index (χ2n) is 9.39. The molecule has 0 aliphatic carbocycles. The van der Waals surface area contributed by atoms with Crippen molar-refractivity contribution in [2.75, 3.05) is 17.9 Å². The number of carbonyl (C=O) groups is 2. The maximum atomic E-state index is 14.3. The molecule has 0 aliphatic rings. The van der Waals surface area contributed by atoms with E-state index in [-0.39, 0.29) is 17.9 Å². The molecule has 0 radical (unpaired) electrons. The molecule has 1 atom stereocenters. The van der Waals surface area contributed by atoms with Crippen molar-refractivity contribution < 1.29 is 18.0 Å². The number of carbonyl (C=O) groups excluding carboxylic acids is 2. The van der Waals surface area contributed by atoms with Gasteiger partial charge in [-0.05, 0) is 59.7 Å². The van der Waals surface area contributed by atoms with Gasteiger partial charge in [0.1, 0.15) is 12.6 Å². The summed E-state index contributed by atoms with van der Waals surface area (Å²) in [5.41, 5.74) is 1.75. The van der Waals surface area contributed by atoms with Gasteiger partial charge in [0.25, 0.3) is 10.0 Å². The molecule has 0 fully saturated rings. The van der Waals surface area contributed by atoms with Crippen molar-refractivity contribution in [1.82, 2.24) is 10.2 Å². The lowest BCUT2D eigenvalue weighted by Gasteiger charge is -2.33. The Morgan fingerprint density at radius 3 is 2.05 bits per heavy atom. The second kappa shape index (κ2) is 14.2. The summed E-state index contributed by atoms with van der Waals surface area (Å²) in [4.78, 5) is 29.0. The van der Waals surface area contributed by atoms with Crippen LogP contribution < -0.4 is 9.62 Å². The summed E-state index contributed by atoms with van der Waals surface area (Å²) in [5, 5.41) is 3.30. The molecule has 0 saturated heterocycles. The lowest BCUT2D eigenvalue weighted by Crippen LogP contribution is -2.53. The third-order valence-electron chi connectivity index (χ3n) is 6.58. The van der Waals surface area contributed by atoms with Gasteiger partial charge in [0.2, 0.25) is 11.8 Å². The van der Waals surface area contributed by atoms with E-state index in [2.05, 4.69) is 21.2 Å². The zero-order chi connectivity index (χ0) is 30.3. The lowest BCUT2D eigenvalue weighted by molar-refractivity contribution is -0.139. The van der Waals surface area contributed by atoms with Crippen LogP contribution >= 0.6 is 39.1 Å². The van der Waals surface area contributed by atoms with E-state index < -0.39 is 34.4 Å². The van der Waals surface area contributed by atoms with Gasteiger partial charge in [0.15, 0.2) is 0 Å². The summed E-state index contributed by atoms with van der Waals surface area (Å²) in [6.07, 6.45) is 0.206. The molecule has 11 heteroatoms. The van der Waals surface area contributed by atoms with E-state index in [0.717, 1.165) is 14.3 Å². The van der Waals surface area contributed by atoms with E-state index in [1.54, 1.807) is 60.7 Å². The molecule has 0 heterocycles. The molecule has 4 aromatic carbocycles. The molecular formula is C31H28BrCl2N3O4S. The molecule has 1 unspecified atom stereocenters. The van der Waals surface area contributed by atoms with Crippen LogP contribution in [0.15, 0.2) is 112 Å². The van der Waals surface area contributed by atoms with Gasteiger partial charge in [-0.1, -0.05) is 93.7 Å². The fourth-order valence-corrected chi connectivity index (χ4v) is 6.43. The summed E-state index contributed by atoms with van der Waals surface area (Å²) in [6, 6.07) is 27.8. The van der Waals surface area contributed by atoms with Crippen molar-refractivity contribution in [3.63, 3.8) is 0 Å². The highest BCUT2D eigenvalue weighted by molar-refractivity contribution is 9.10. The monoisotopic (exact) mass is 687 g/mol. The number of sulfonamides is 1. The Morgan fingerprint density at radius 1 is 0.833 bits per heavy atom. The molecule has 0 saturated carbocycles. The minimum Gasteiger partial charge on any atom is -0.357 e. The minimum atomic E-state index is -4.16. The number of rotatable bonds is 11. The van der Waals surface area contributed by atoms with Gasteiger partial charge >= 0.3 is 0 Å². The maximum Gasteiger partial charge on any atom is 0.264 e. The van der Waals surface area contributed by atoms with Crippen molar-refractivity contribution >= 4 is 66.7 Å². The number of nitrogens with one attached hydrogen (secondary N) is 1. The Morgan fingerprint density at radius 2 is 1.45 bits per heavy atom. The topological polar surface area (TPSA) is 86.8 Å². The van der Waals surface area contributed by atoms with E-state index in [0.29, 0.717) is 21.3 Å². The number of likely N-dealkylation sites (N-methyl/N-ethyl adjacent to an activating group) is 1. The Balaban J connectivity index is 1.79. The average molecular weight is 689 g/mol. The zero-order valence-electron chi connectivity index (χ0n) is 22.6. The maximum absolute atomic E-state index is 14.3. The van der Waals surface area contributed by atoms with Crippen LogP contribution in [0.4, 0.5) is 5.69 Å². The predicted octanol–water partition coefficient (Wildman–Crippen LogP) is 6.34. The molecule has 7 nitrogen and oxygen atoms in total. The number of benzene rings is 4. The highest BCUT2D eigenvalue weighted by atomic mass is 79.9. The summed E-state index contributed by atoms with van der Waals surface area (Å²) < 4.78 is 29.6. The number of amides is 2. The van der Waals surface area contributed by atoms with Gasteiger partial charge in [-0.3, -0.25) is 13.9 Å². The van der Waals surface area contributed by atoms with Crippen LogP contribution in [-0.2, 0) is 32.6 Å². The quantitative estimate of drug-likeness (QED) is 0.199. The molecule has 0 aliphatic heterocycles. The molecule has 4 rings (SSSR count). The molecule has 42 heavy (non-hydrogen) atoms. The van der Waals surface area contributed by atoms with Gasteiger partial charge in [0.05, 0.1) is 20.6 Å². The summed E-state index contributed by atoms with van der Waals surface area (Å²) in [6.45, 7) is -0.567. The van der Waals surface area contributed by atoms with E-state index in [4.69, 9.17) is 23.2 Å². The minimum absolute atomic E-state index is 0.0137. The highest BCUT2D eigenvalue weighted by Crippen LogP contribution is 2.27. The van der Waals surface area contributed by atoms with Crippen molar-refractivity contribution in [2.24, 2.45) is 0 Å². The molecule has 4 aromatic rings. The van der Waals surface area contributed by atoms with Crippen molar-refractivity contribution in [3.05, 3.63) is 129 Å². The highest BCUT2D eigenvalue weighted by Gasteiger charge is 2.34. The van der Waals surface area contributed by atoms with Crippen LogP contribution in [0.1, 0.15) is 11.1 Å². The average Bonchev–Trinajstić information content (AvgIpc) is 3.00. The van der Waals surface area contributed by atoms with E-state index in [9.17, 15) is 18.0 Å². The first-order chi connectivity index (χ1) is 20.1. The largest absolute Gasteiger partial charge is 0.357 e. The number of hydrogen-bond acceptors (Lipinski definition) is 4. The smallest absolute Gasteiger partial charge is 0.264 e. The summed E-state index contributed by atoms with van der Waals surface area (Å²) >= 11 is 15.8. The SMILES string of the molecule is CNC(=O)C(Cc1ccccc1)N(Cc1ccc(Cl)c(Cl)c1)C(=O)CN(c1ccc(Br)cc1)S(=O)(=O)c1ccccc1. The lowest BCUT2D eigenvalue weighted by atomic mass is 10.0. The van der Waals surface area contributed by atoms with Crippen LogP contribution in [0.25, 0.3) is 0 Å². The normalized spacial score (nSPS) is 11.9. The summed E-state index contributed by atoms with van der Waals surface area (Å²) in [5.74, 6) is -0.971. The van der Waals surface area contributed by atoms with Crippen LogP contribution in [0, 0.1) is 0 Å². The third-order valence-corrected chi connectivity index (χ3v) is 9.63. The Kier molecular flexibility index (Phi) is 10.7. The van der Waals surface area contributed by atoms with Gasteiger partial charge in [-0.15, -0.1) is 0 Å². The molecule has 1 N–H and O–H groups in total. The molecule has 0 bridgehead atoms. The molecule has 0 aromatic heterocycles. The Bertz CT molecular complexity index is 1640. The first-order valence-corrected chi connectivity index (χ1v) is 15.9. The van der Waals surface area contributed by atoms with Gasteiger partial charge in [-0.2, -0.15) is 0 Å². The van der Waals surface area contributed by atoms with E-state index in [1.807, 2.05) is 30.3 Å². The van der Waals surface area contributed by atoms with Crippen LogP contribution in [0.5, 0.6) is 0 Å². The van der Waals surface area contributed by atoms with Gasteiger partial charge in [0, 0.05) is 24.5 Å². The van der Waals surface area contributed by atoms with Crippen molar-refractivity contribution in [1.29, 1.82) is 0 Å². The molecule has 218 valence electrons. The van der Waals surface area contributed by atoms with Gasteiger partial charge in [-0.25, -0.2) is 8.42 Å². The van der Waals surface area contributed by atoms with Crippen LogP contribution in [0.2, 0.25) is 10.0 Å². The summed E-state index contributed by atoms with van der Waals surface area (Å²) in [7, 11) is -2.66. The predicted molar refractivity (Wildman–Crippen MR) is 170 cm³/mol. The van der Waals surface area contributed by atoms with E-state index in [1.165, 1.54) is 24.1 Å². The van der Waals surface area contributed by atoms with Crippen LogP contribution in [-0.4, -0.2) is 44.8 Å². The second-order valence-corrected chi connectivity index (χ2v) is 13.0. The standard InChI is InChI=1S/C31H28BrCl2N3O4S/c1-35-31(39)29(19-22-8-4-2-5-9-22)36(20-23-12-17-27(33)28(34)18-23)30(38)21-37(25-15-13-24(32)14-16-25)42(40,41)26-10-6-3-7-11-26/h2-18,29H,19-21H2,1H3,(H,35,39). The molecular weight excluding hydrogens is 661 g/mol.